The molecule has 0 spiro atoms. The number of aromatic nitrogens is 3. The van der Waals surface area contributed by atoms with Crippen molar-refractivity contribution in [3.05, 3.63) is 65.8 Å². The monoisotopic (exact) mass is 380 g/mol. The lowest BCUT2D eigenvalue weighted by atomic mass is 10.3. The summed E-state index contributed by atoms with van der Waals surface area (Å²) in [6.45, 7) is 2.05. The van der Waals surface area contributed by atoms with E-state index in [9.17, 15) is 4.79 Å². The SMILES string of the molecule is COc1ccc2nc(N(Cc3ccccn3)C(=O)c3cc(C)no3)sc2c1. The molecule has 4 aromatic rings. The summed E-state index contributed by atoms with van der Waals surface area (Å²) < 4.78 is 11.4. The van der Waals surface area contributed by atoms with Crippen LogP contribution in [-0.2, 0) is 6.54 Å². The van der Waals surface area contributed by atoms with Gasteiger partial charge in [0.1, 0.15) is 5.75 Å². The molecule has 0 saturated heterocycles. The van der Waals surface area contributed by atoms with E-state index < -0.39 is 0 Å². The standard InChI is InChI=1S/C19H16N4O3S/c1-12-9-16(26-22-12)18(24)23(11-13-5-3-4-8-20-13)19-21-15-7-6-14(25-2)10-17(15)27-19/h3-10H,11H2,1-2H3. The van der Waals surface area contributed by atoms with Crippen LogP contribution in [0.1, 0.15) is 21.9 Å². The Kier molecular flexibility index (Phi) is 4.55. The number of carbonyl (C=O) groups is 1. The highest BCUT2D eigenvalue weighted by molar-refractivity contribution is 7.22. The zero-order valence-electron chi connectivity index (χ0n) is 14.7. The van der Waals surface area contributed by atoms with Gasteiger partial charge in [-0.3, -0.25) is 14.7 Å². The van der Waals surface area contributed by atoms with E-state index in [0.717, 1.165) is 21.7 Å². The van der Waals surface area contributed by atoms with Crippen molar-refractivity contribution in [2.45, 2.75) is 13.5 Å². The van der Waals surface area contributed by atoms with Gasteiger partial charge in [-0.1, -0.05) is 22.6 Å². The molecular formula is C19H16N4O3S. The van der Waals surface area contributed by atoms with Crippen molar-refractivity contribution in [1.82, 2.24) is 15.1 Å². The number of anilines is 1. The molecule has 0 aliphatic carbocycles. The summed E-state index contributed by atoms with van der Waals surface area (Å²) in [7, 11) is 1.62. The molecule has 0 N–H and O–H groups in total. The summed E-state index contributed by atoms with van der Waals surface area (Å²) >= 11 is 1.41. The summed E-state index contributed by atoms with van der Waals surface area (Å²) in [5.41, 5.74) is 2.19. The molecule has 0 fully saturated rings. The van der Waals surface area contributed by atoms with E-state index in [1.807, 2.05) is 36.4 Å². The minimum Gasteiger partial charge on any atom is -0.497 e. The number of methoxy groups -OCH3 is 1. The fourth-order valence-electron chi connectivity index (χ4n) is 2.61. The quantitative estimate of drug-likeness (QED) is 0.523. The van der Waals surface area contributed by atoms with E-state index in [2.05, 4.69) is 15.1 Å². The Morgan fingerprint density at radius 3 is 2.85 bits per heavy atom. The molecule has 1 aromatic carbocycles. The van der Waals surface area contributed by atoms with Gasteiger partial charge in [0, 0.05) is 12.3 Å². The Bertz CT molecular complexity index is 1090. The third kappa shape index (κ3) is 3.52. The summed E-state index contributed by atoms with van der Waals surface area (Å²) in [4.78, 5) is 23.6. The van der Waals surface area contributed by atoms with E-state index in [-0.39, 0.29) is 18.2 Å². The van der Waals surface area contributed by atoms with Crippen molar-refractivity contribution < 1.29 is 14.1 Å². The highest BCUT2D eigenvalue weighted by Crippen LogP contribution is 2.32. The molecule has 0 saturated carbocycles. The number of hydrogen-bond donors (Lipinski definition) is 0. The lowest BCUT2D eigenvalue weighted by Crippen LogP contribution is -2.30. The van der Waals surface area contributed by atoms with Crippen molar-refractivity contribution in [3.8, 4) is 5.75 Å². The maximum Gasteiger partial charge on any atom is 0.299 e. The Labute approximate surface area is 159 Å². The van der Waals surface area contributed by atoms with Gasteiger partial charge in [0.25, 0.3) is 5.91 Å². The first kappa shape index (κ1) is 17.2. The number of rotatable bonds is 5. The Morgan fingerprint density at radius 2 is 2.15 bits per heavy atom. The number of aryl methyl sites for hydroxylation is 1. The number of amides is 1. The number of hydrogen-bond acceptors (Lipinski definition) is 7. The fourth-order valence-corrected chi connectivity index (χ4v) is 3.60. The normalized spacial score (nSPS) is 10.9. The van der Waals surface area contributed by atoms with Gasteiger partial charge in [0.2, 0.25) is 5.76 Å². The van der Waals surface area contributed by atoms with E-state index >= 15 is 0 Å². The summed E-state index contributed by atoms with van der Waals surface area (Å²) in [6, 6.07) is 12.8. The first-order chi connectivity index (χ1) is 13.1. The van der Waals surface area contributed by atoms with E-state index in [4.69, 9.17) is 9.26 Å². The third-order valence-corrected chi connectivity index (χ3v) is 4.99. The second-order valence-corrected chi connectivity index (χ2v) is 6.88. The predicted molar refractivity (Wildman–Crippen MR) is 102 cm³/mol. The summed E-state index contributed by atoms with van der Waals surface area (Å²) in [6.07, 6.45) is 1.69. The van der Waals surface area contributed by atoms with Crippen LogP contribution >= 0.6 is 11.3 Å². The molecule has 0 aliphatic heterocycles. The van der Waals surface area contributed by atoms with Crippen LogP contribution < -0.4 is 9.64 Å². The number of fused-ring (bicyclic) bond motifs is 1. The van der Waals surface area contributed by atoms with Crippen LogP contribution in [0.2, 0.25) is 0 Å². The van der Waals surface area contributed by atoms with Crippen molar-refractivity contribution in [2.24, 2.45) is 0 Å². The van der Waals surface area contributed by atoms with Crippen LogP contribution in [0.25, 0.3) is 10.2 Å². The molecule has 0 bridgehead atoms. The predicted octanol–water partition coefficient (Wildman–Crippen LogP) is 3.84. The maximum absolute atomic E-state index is 13.1. The van der Waals surface area contributed by atoms with Gasteiger partial charge in [-0.15, -0.1) is 0 Å². The molecule has 3 heterocycles. The number of carbonyl (C=O) groups excluding carboxylic acids is 1. The lowest BCUT2D eigenvalue weighted by molar-refractivity contribution is 0.0949. The number of nitrogens with zero attached hydrogens (tertiary/aromatic N) is 4. The largest absolute Gasteiger partial charge is 0.497 e. The van der Waals surface area contributed by atoms with Gasteiger partial charge in [0.15, 0.2) is 5.13 Å². The lowest BCUT2D eigenvalue weighted by Gasteiger charge is -2.17. The zero-order valence-corrected chi connectivity index (χ0v) is 15.6. The average Bonchev–Trinajstić information content (AvgIpc) is 3.31. The summed E-state index contributed by atoms with van der Waals surface area (Å²) in [5, 5.41) is 4.37. The zero-order chi connectivity index (χ0) is 18.8. The first-order valence-electron chi connectivity index (χ1n) is 8.24. The third-order valence-electron chi connectivity index (χ3n) is 3.95. The van der Waals surface area contributed by atoms with Gasteiger partial charge >= 0.3 is 0 Å². The van der Waals surface area contributed by atoms with Gasteiger partial charge in [-0.05, 0) is 37.3 Å². The molecule has 27 heavy (non-hydrogen) atoms. The highest BCUT2D eigenvalue weighted by Gasteiger charge is 2.25. The van der Waals surface area contributed by atoms with Crippen LogP contribution in [0.3, 0.4) is 0 Å². The Balaban J connectivity index is 1.75. The Hall–Kier alpha value is -3.26. The maximum atomic E-state index is 13.1. The van der Waals surface area contributed by atoms with Crippen LogP contribution in [0.5, 0.6) is 5.75 Å². The minimum atomic E-state index is -0.313. The molecule has 1 amide bonds. The smallest absolute Gasteiger partial charge is 0.299 e. The molecule has 8 heteroatoms. The number of pyridine rings is 1. The summed E-state index contributed by atoms with van der Waals surface area (Å²) in [5.74, 6) is 0.596. The first-order valence-corrected chi connectivity index (χ1v) is 9.05. The molecule has 136 valence electrons. The molecule has 0 aliphatic rings. The van der Waals surface area contributed by atoms with E-state index in [1.165, 1.54) is 11.3 Å². The van der Waals surface area contributed by atoms with E-state index in [0.29, 0.717) is 10.8 Å². The van der Waals surface area contributed by atoms with Crippen molar-refractivity contribution in [1.29, 1.82) is 0 Å². The molecule has 4 rings (SSSR count). The second-order valence-electron chi connectivity index (χ2n) is 5.88. The topological polar surface area (TPSA) is 81.4 Å². The molecule has 0 radical (unpaired) electrons. The molecular weight excluding hydrogens is 364 g/mol. The second kappa shape index (κ2) is 7.16. The molecule has 3 aromatic heterocycles. The molecule has 0 atom stereocenters. The average molecular weight is 380 g/mol. The molecule has 0 unspecified atom stereocenters. The van der Waals surface area contributed by atoms with Gasteiger partial charge in [-0.25, -0.2) is 4.98 Å². The highest BCUT2D eigenvalue weighted by atomic mass is 32.1. The Morgan fingerprint density at radius 1 is 1.26 bits per heavy atom. The van der Waals surface area contributed by atoms with Crippen molar-refractivity contribution in [3.63, 3.8) is 0 Å². The van der Waals surface area contributed by atoms with Gasteiger partial charge < -0.3 is 9.26 Å². The van der Waals surface area contributed by atoms with Crippen LogP contribution in [-0.4, -0.2) is 28.1 Å². The minimum absolute atomic E-state index is 0.167. The number of benzene rings is 1. The van der Waals surface area contributed by atoms with Gasteiger partial charge in [-0.2, -0.15) is 0 Å². The van der Waals surface area contributed by atoms with Crippen molar-refractivity contribution >= 4 is 32.6 Å². The van der Waals surface area contributed by atoms with Crippen LogP contribution in [0.4, 0.5) is 5.13 Å². The fraction of sp³-hybridized carbons (Fsp3) is 0.158. The van der Waals surface area contributed by atoms with Crippen LogP contribution in [0.15, 0.2) is 53.2 Å². The number of thiazole rings is 1. The van der Waals surface area contributed by atoms with Crippen LogP contribution in [0, 0.1) is 6.92 Å². The number of ether oxygens (including phenoxy) is 1. The molecule has 7 nitrogen and oxygen atoms in total. The van der Waals surface area contributed by atoms with E-state index in [1.54, 1.807) is 31.2 Å². The van der Waals surface area contributed by atoms with Crippen molar-refractivity contribution in [2.75, 3.05) is 12.0 Å². The van der Waals surface area contributed by atoms with Gasteiger partial charge in [0.05, 0.1) is 35.3 Å².